The number of alkyl halides is 4. The molecule has 3 aliphatic heterocycles. The van der Waals surface area contributed by atoms with Gasteiger partial charge in [-0.2, -0.15) is 0 Å². The molecule has 0 spiro atoms. The van der Waals surface area contributed by atoms with Gasteiger partial charge in [0.25, 0.3) is 11.8 Å². The van der Waals surface area contributed by atoms with Gasteiger partial charge in [-0.1, -0.05) is 124 Å². The van der Waals surface area contributed by atoms with E-state index in [1.54, 1.807) is 13.8 Å². The number of nitrogens with one attached hydrogen (secondary N) is 2. The predicted octanol–water partition coefficient (Wildman–Crippen LogP) is 4.94. The number of carbonyl (C=O) groups excluding carboxylic acids is 4. The number of hydrogen-bond donors (Lipinski definition) is 2. The van der Waals surface area contributed by atoms with E-state index in [9.17, 15) is 19.2 Å². The summed E-state index contributed by atoms with van der Waals surface area (Å²) >= 11 is 14.8. The van der Waals surface area contributed by atoms with Crippen LogP contribution in [-0.2, 0) is 9.59 Å². The van der Waals surface area contributed by atoms with Gasteiger partial charge in [-0.15, -0.1) is 0 Å². The Hall–Kier alpha value is -1.84. The Morgan fingerprint density at radius 1 is 0.614 bits per heavy atom. The zero-order valence-corrected chi connectivity index (χ0v) is 30.6. The van der Waals surface area contributed by atoms with Crippen LogP contribution in [-0.4, -0.2) is 104 Å². The second kappa shape index (κ2) is 13.5. The molecule has 2 aromatic rings. The molecule has 6 atom stereocenters. The zero-order chi connectivity index (χ0) is 31.8. The average Bonchev–Trinajstić information content (AvgIpc) is 3.39. The van der Waals surface area contributed by atoms with E-state index >= 15 is 0 Å². The summed E-state index contributed by atoms with van der Waals surface area (Å²) in [5.74, 6) is -0.591. The van der Waals surface area contributed by atoms with Crippen molar-refractivity contribution in [3.8, 4) is 0 Å². The van der Waals surface area contributed by atoms with E-state index in [-0.39, 0.29) is 34.8 Å². The van der Waals surface area contributed by atoms with Crippen LogP contribution in [0, 0.1) is 0 Å². The van der Waals surface area contributed by atoms with Crippen molar-refractivity contribution in [1.82, 2.24) is 30.2 Å². The lowest BCUT2D eigenvalue weighted by atomic mass is 9.93. The molecule has 0 saturated carbocycles. The van der Waals surface area contributed by atoms with Crippen molar-refractivity contribution < 1.29 is 19.2 Å². The highest BCUT2D eigenvalue weighted by Gasteiger charge is 2.55. The van der Waals surface area contributed by atoms with Gasteiger partial charge in [-0.05, 0) is 25.0 Å². The largest absolute Gasteiger partial charge is 0.326 e. The summed E-state index contributed by atoms with van der Waals surface area (Å²) in [4.78, 5) is 58.5. The third-order valence-electron chi connectivity index (χ3n) is 8.60. The second-order valence-electron chi connectivity index (χ2n) is 11.7. The molecule has 3 aliphatic rings. The number of urea groups is 2. The SMILES string of the molecule is CC1(C(Br)C(Br)c2ccccc2)NC(=O)N(CN2CCN(CN3C(=O)NC(C)(C(Br)C(Br)c4ccccc4)C3=O)CC2)C1=O. The molecule has 236 valence electrons. The number of nitrogens with zero attached hydrogens (tertiary/aromatic N) is 4. The molecule has 6 unspecified atom stereocenters. The van der Waals surface area contributed by atoms with Crippen LogP contribution in [0.15, 0.2) is 60.7 Å². The van der Waals surface area contributed by atoms with Crippen LogP contribution in [0.25, 0.3) is 0 Å². The number of benzene rings is 2. The summed E-state index contributed by atoms with van der Waals surface area (Å²) in [7, 11) is 0. The Morgan fingerprint density at radius 2 is 0.932 bits per heavy atom. The highest BCUT2D eigenvalue weighted by molar-refractivity contribution is 9.12. The molecule has 0 radical (unpaired) electrons. The maximum atomic E-state index is 13.6. The van der Waals surface area contributed by atoms with Crippen molar-refractivity contribution >= 4 is 87.6 Å². The number of amides is 6. The Labute approximate surface area is 290 Å². The first-order valence-electron chi connectivity index (χ1n) is 14.3. The van der Waals surface area contributed by atoms with E-state index in [1.807, 2.05) is 70.5 Å². The van der Waals surface area contributed by atoms with Crippen molar-refractivity contribution in [2.75, 3.05) is 39.5 Å². The van der Waals surface area contributed by atoms with Crippen LogP contribution in [0.5, 0.6) is 0 Å². The molecule has 3 heterocycles. The van der Waals surface area contributed by atoms with Crippen LogP contribution in [0.1, 0.15) is 34.6 Å². The lowest BCUT2D eigenvalue weighted by molar-refractivity contribution is -0.134. The van der Waals surface area contributed by atoms with Gasteiger partial charge in [0.1, 0.15) is 11.1 Å². The van der Waals surface area contributed by atoms with Gasteiger partial charge in [-0.25, -0.2) is 19.4 Å². The van der Waals surface area contributed by atoms with E-state index in [4.69, 9.17) is 0 Å². The smallest absolute Gasteiger partial charge is 0.322 e. The molecule has 10 nitrogen and oxygen atoms in total. The molecule has 0 aliphatic carbocycles. The fraction of sp³-hybridized carbons (Fsp3) is 0.467. The third kappa shape index (κ3) is 6.39. The minimum absolute atomic E-state index is 0.157. The number of imide groups is 2. The Kier molecular flexibility index (Phi) is 10.3. The number of rotatable bonds is 10. The van der Waals surface area contributed by atoms with Gasteiger partial charge in [0.05, 0.1) is 32.6 Å². The summed E-state index contributed by atoms with van der Waals surface area (Å²) in [5.41, 5.74) is -0.290. The van der Waals surface area contributed by atoms with Crippen LogP contribution >= 0.6 is 63.7 Å². The van der Waals surface area contributed by atoms with E-state index < -0.39 is 32.8 Å². The van der Waals surface area contributed by atoms with Crippen LogP contribution in [0.4, 0.5) is 9.59 Å². The first-order valence-corrected chi connectivity index (χ1v) is 17.9. The van der Waals surface area contributed by atoms with Crippen molar-refractivity contribution in [2.45, 2.75) is 44.2 Å². The van der Waals surface area contributed by atoms with Gasteiger partial charge in [0.15, 0.2) is 0 Å². The van der Waals surface area contributed by atoms with E-state index in [1.165, 1.54) is 9.80 Å². The Balaban J connectivity index is 1.15. The summed E-state index contributed by atoms with van der Waals surface area (Å²) in [6.45, 7) is 6.05. The summed E-state index contributed by atoms with van der Waals surface area (Å²) in [5, 5.41) is 5.80. The molecule has 14 heteroatoms. The van der Waals surface area contributed by atoms with E-state index in [2.05, 4.69) is 74.4 Å². The van der Waals surface area contributed by atoms with E-state index in [0.29, 0.717) is 26.2 Å². The average molecular weight is 862 g/mol. The number of piperazine rings is 1. The maximum Gasteiger partial charge on any atom is 0.326 e. The predicted molar refractivity (Wildman–Crippen MR) is 182 cm³/mol. The fourth-order valence-electron chi connectivity index (χ4n) is 5.73. The van der Waals surface area contributed by atoms with Crippen molar-refractivity contribution in [1.29, 1.82) is 0 Å². The Bertz CT molecular complexity index is 1290. The van der Waals surface area contributed by atoms with Crippen LogP contribution in [0.3, 0.4) is 0 Å². The van der Waals surface area contributed by atoms with Gasteiger partial charge in [0, 0.05) is 26.2 Å². The topological polar surface area (TPSA) is 105 Å². The molecule has 2 aromatic carbocycles. The molecule has 3 saturated heterocycles. The zero-order valence-electron chi connectivity index (χ0n) is 24.3. The molecule has 2 N–H and O–H groups in total. The van der Waals surface area contributed by atoms with E-state index in [0.717, 1.165) is 11.1 Å². The standard InChI is InChI=1S/C30H34Br4N6O4/c1-29(23(33)21(31)19-9-5-3-6-10-19)25(41)39(27(43)35-29)17-37-13-15-38(16-14-37)18-40-26(42)30(2,36-28(40)44)24(34)22(32)20-11-7-4-8-12-20/h3-12,21-24H,13-18H2,1-2H3,(H,35,43)(H,36,44). The fourth-order valence-corrected chi connectivity index (χ4v) is 8.63. The highest BCUT2D eigenvalue weighted by atomic mass is 79.9. The van der Waals surface area contributed by atoms with Crippen LogP contribution in [0.2, 0.25) is 0 Å². The van der Waals surface area contributed by atoms with Crippen LogP contribution < -0.4 is 10.6 Å². The maximum absolute atomic E-state index is 13.6. The summed E-state index contributed by atoms with van der Waals surface area (Å²) < 4.78 is 0. The normalized spacial score (nSPS) is 27.7. The lowest BCUT2D eigenvalue weighted by Gasteiger charge is -2.37. The van der Waals surface area contributed by atoms with Gasteiger partial charge >= 0.3 is 12.1 Å². The minimum Gasteiger partial charge on any atom is -0.322 e. The molecular formula is C30H34Br4N6O4. The minimum atomic E-state index is -1.14. The quantitative estimate of drug-likeness (QED) is 0.260. The molecule has 6 amide bonds. The third-order valence-corrected chi connectivity index (χ3v) is 15.0. The van der Waals surface area contributed by atoms with Crippen molar-refractivity contribution in [3.63, 3.8) is 0 Å². The first-order chi connectivity index (χ1) is 20.9. The number of hydrogen-bond acceptors (Lipinski definition) is 6. The summed E-state index contributed by atoms with van der Waals surface area (Å²) in [6.07, 6.45) is 0. The second-order valence-corrected chi connectivity index (χ2v) is 15.6. The van der Waals surface area contributed by atoms with Crippen molar-refractivity contribution in [2.24, 2.45) is 0 Å². The monoisotopic (exact) mass is 858 g/mol. The summed E-state index contributed by atoms with van der Waals surface area (Å²) in [6, 6.07) is 18.6. The molecule has 3 fully saturated rings. The highest BCUT2D eigenvalue weighted by Crippen LogP contribution is 2.41. The molecule has 0 aromatic heterocycles. The molecule has 5 rings (SSSR count). The molecular weight excluding hydrogens is 828 g/mol. The molecule has 0 bridgehead atoms. The van der Waals surface area contributed by atoms with Gasteiger partial charge in [0.2, 0.25) is 0 Å². The first kappa shape index (κ1) is 33.5. The number of carbonyl (C=O) groups is 4. The van der Waals surface area contributed by atoms with Gasteiger partial charge < -0.3 is 10.6 Å². The van der Waals surface area contributed by atoms with Crippen molar-refractivity contribution in [3.05, 3.63) is 71.8 Å². The van der Waals surface area contributed by atoms with Gasteiger partial charge in [-0.3, -0.25) is 19.4 Å². The lowest BCUT2D eigenvalue weighted by Crippen LogP contribution is -2.56. The Morgan fingerprint density at radius 3 is 1.25 bits per heavy atom. The number of halogens is 4. The molecule has 44 heavy (non-hydrogen) atoms.